The Hall–Kier alpha value is -1.10. The minimum absolute atomic E-state index is 0.0975. The molecule has 1 heterocycles. The maximum Gasteiger partial charge on any atom is 0.225 e. The summed E-state index contributed by atoms with van der Waals surface area (Å²) in [4.78, 5) is 26.3. The minimum atomic E-state index is -0.531. The molecule has 0 radical (unpaired) electrons. The molecule has 126 valence electrons. The van der Waals surface area contributed by atoms with Crippen LogP contribution in [-0.4, -0.2) is 47.1 Å². The number of amides is 2. The van der Waals surface area contributed by atoms with Crippen molar-refractivity contribution < 1.29 is 14.7 Å². The lowest BCUT2D eigenvalue weighted by molar-refractivity contribution is -0.131. The first-order valence-corrected chi connectivity index (χ1v) is 8.63. The van der Waals surface area contributed by atoms with E-state index in [1.54, 1.807) is 0 Å². The molecule has 0 spiro atoms. The Morgan fingerprint density at radius 3 is 2.55 bits per heavy atom. The summed E-state index contributed by atoms with van der Waals surface area (Å²) >= 11 is 0. The summed E-state index contributed by atoms with van der Waals surface area (Å²) in [6, 6.07) is 0.322. The van der Waals surface area contributed by atoms with Crippen LogP contribution >= 0.6 is 0 Å². The lowest BCUT2D eigenvalue weighted by Gasteiger charge is -2.33. The van der Waals surface area contributed by atoms with Crippen LogP contribution in [0.1, 0.15) is 52.9 Å². The lowest BCUT2D eigenvalue weighted by Crippen LogP contribution is -2.41. The van der Waals surface area contributed by atoms with Crippen LogP contribution in [0.15, 0.2) is 0 Å². The van der Waals surface area contributed by atoms with Gasteiger partial charge in [0.15, 0.2) is 0 Å². The topological polar surface area (TPSA) is 69.6 Å². The molecule has 0 bridgehead atoms. The van der Waals surface area contributed by atoms with Gasteiger partial charge in [0.25, 0.3) is 0 Å². The zero-order valence-electron chi connectivity index (χ0n) is 14.0. The van der Waals surface area contributed by atoms with Crippen LogP contribution in [0.5, 0.6) is 0 Å². The molecule has 0 aromatic rings. The quantitative estimate of drug-likeness (QED) is 0.809. The first-order valence-electron chi connectivity index (χ1n) is 8.63. The van der Waals surface area contributed by atoms with Gasteiger partial charge in [-0.1, -0.05) is 20.8 Å². The molecule has 22 heavy (non-hydrogen) atoms. The number of carbonyl (C=O) groups is 2. The molecule has 2 fully saturated rings. The van der Waals surface area contributed by atoms with Gasteiger partial charge < -0.3 is 15.3 Å². The highest BCUT2D eigenvalue weighted by molar-refractivity contribution is 5.89. The highest BCUT2D eigenvalue weighted by Crippen LogP contribution is 2.31. The van der Waals surface area contributed by atoms with Crippen LogP contribution in [0.25, 0.3) is 0 Å². The van der Waals surface area contributed by atoms with Crippen molar-refractivity contribution in [3.05, 3.63) is 0 Å². The average Bonchev–Trinajstić information content (AvgIpc) is 2.87. The summed E-state index contributed by atoms with van der Waals surface area (Å²) in [6.07, 6.45) is 4.26. The van der Waals surface area contributed by atoms with Gasteiger partial charge in [-0.05, 0) is 37.5 Å². The number of likely N-dealkylation sites (tertiary alicyclic amines) is 1. The number of carbonyl (C=O) groups excluding carboxylic acids is 2. The van der Waals surface area contributed by atoms with Gasteiger partial charge >= 0.3 is 0 Å². The fraction of sp³-hybridized carbons (Fsp3) is 0.882. The molecule has 0 aromatic carbocycles. The largest absolute Gasteiger partial charge is 0.391 e. The minimum Gasteiger partial charge on any atom is -0.391 e. The highest BCUT2D eigenvalue weighted by Gasteiger charge is 2.38. The van der Waals surface area contributed by atoms with E-state index in [4.69, 9.17) is 0 Å². The van der Waals surface area contributed by atoms with Gasteiger partial charge in [0.1, 0.15) is 0 Å². The van der Waals surface area contributed by atoms with Crippen molar-refractivity contribution in [2.45, 2.75) is 65.0 Å². The van der Waals surface area contributed by atoms with Crippen molar-refractivity contribution in [1.82, 2.24) is 10.2 Å². The molecule has 5 nitrogen and oxygen atoms in total. The van der Waals surface area contributed by atoms with Gasteiger partial charge in [0, 0.05) is 25.6 Å². The normalized spacial score (nSPS) is 30.7. The second-order valence-corrected chi connectivity index (χ2v) is 7.42. The summed E-state index contributed by atoms with van der Waals surface area (Å²) < 4.78 is 0. The highest BCUT2D eigenvalue weighted by atomic mass is 16.3. The molecule has 1 saturated heterocycles. The Balaban J connectivity index is 1.82. The van der Waals surface area contributed by atoms with Crippen LogP contribution in [0, 0.1) is 17.8 Å². The number of hydrogen-bond acceptors (Lipinski definition) is 3. The van der Waals surface area contributed by atoms with E-state index < -0.39 is 6.10 Å². The van der Waals surface area contributed by atoms with E-state index in [0.717, 1.165) is 18.8 Å². The molecule has 0 aromatic heterocycles. The lowest BCUT2D eigenvalue weighted by atomic mass is 9.87. The van der Waals surface area contributed by atoms with E-state index in [1.165, 1.54) is 12.8 Å². The SMILES string of the molecule is CC1CCC(N2CC(C(=O)NCC(O)C(C)C)CC2=O)CC1. The fourth-order valence-electron chi connectivity index (χ4n) is 3.40. The molecular weight excluding hydrogens is 280 g/mol. The standard InChI is InChI=1S/C17H30N2O3/c1-11(2)15(20)9-18-17(22)13-8-16(21)19(10-13)14-6-4-12(3)5-7-14/h11-15,20H,4-10H2,1-3H3,(H,18,22). The summed E-state index contributed by atoms with van der Waals surface area (Å²) in [7, 11) is 0. The summed E-state index contributed by atoms with van der Waals surface area (Å²) in [5.74, 6) is 0.631. The van der Waals surface area contributed by atoms with Crippen molar-refractivity contribution in [2.24, 2.45) is 17.8 Å². The van der Waals surface area contributed by atoms with Crippen molar-refractivity contribution in [3.63, 3.8) is 0 Å². The number of nitrogens with zero attached hydrogens (tertiary/aromatic N) is 1. The number of aliphatic hydroxyl groups excluding tert-OH is 1. The van der Waals surface area contributed by atoms with Crippen LogP contribution in [0.3, 0.4) is 0 Å². The van der Waals surface area contributed by atoms with Crippen LogP contribution in [0.4, 0.5) is 0 Å². The van der Waals surface area contributed by atoms with E-state index in [9.17, 15) is 14.7 Å². The Kier molecular flexibility index (Phi) is 5.84. The summed E-state index contributed by atoms with van der Waals surface area (Å²) in [6.45, 7) is 6.91. The third kappa shape index (κ3) is 4.22. The third-order valence-corrected chi connectivity index (χ3v) is 5.21. The van der Waals surface area contributed by atoms with E-state index in [2.05, 4.69) is 12.2 Å². The number of nitrogens with one attached hydrogen (secondary N) is 1. The maximum absolute atomic E-state index is 12.2. The molecular formula is C17H30N2O3. The van der Waals surface area contributed by atoms with E-state index in [0.29, 0.717) is 19.0 Å². The van der Waals surface area contributed by atoms with Gasteiger partial charge in [0.05, 0.1) is 12.0 Å². The second-order valence-electron chi connectivity index (χ2n) is 7.42. The van der Waals surface area contributed by atoms with Crippen molar-refractivity contribution >= 4 is 11.8 Å². The molecule has 5 heteroatoms. The van der Waals surface area contributed by atoms with Gasteiger partial charge in [-0.25, -0.2) is 0 Å². The molecule has 2 rings (SSSR count). The van der Waals surface area contributed by atoms with Gasteiger partial charge in [-0.15, -0.1) is 0 Å². The zero-order chi connectivity index (χ0) is 16.3. The Morgan fingerprint density at radius 1 is 1.32 bits per heavy atom. The molecule has 1 aliphatic carbocycles. The van der Waals surface area contributed by atoms with Gasteiger partial charge in [-0.2, -0.15) is 0 Å². The average molecular weight is 310 g/mol. The smallest absolute Gasteiger partial charge is 0.225 e. The molecule has 2 N–H and O–H groups in total. The van der Waals surface area contributed by atoms with Crippen molar-refractivity contribution in [3.8, 4) is 0 Å². The molecule has 2 atom stereocenters. The Morgan fingerprint density at radius 2 is 1.95 bits per heavy atom. The number of hydrogen-bond donors (Lipinski definition) is 2. The predicted octanol–water partition coefficient (Wildman–Crippen LogP) is 1.55. The maximum atomic E-state index is 12.2. The van der Waals surface area contributed by atoms with E-state index >= 15 is 0 Å². The van der Waals surface area contributed by atoms with Gasteiger partial charge in [-0.3, -0.25) is 9.59 Å². The summed E-state index contributed by atoms with van der Waals surface area (Å²) in [5, 5.41) is 12.5. The molecule has 1 aliphatic heterocycles. The van der Waals surface area contributed by atoms with Crippen molar-refractivity contribution in [2.75, 3.05) is 13.1 Å². The van der Waals surface area contributed by atoms with Crippen molar-refractivity contribution in [1.29, 1.82) is 0 Å². The van der Waals surface area contributed by atoms with Crippen LogP contribution in [0.2, 0.25) is 0 Å². The number of rotatable bonds is 5. The second kappa shape index (κ2) is 7.44. The molecule has 2 amide bonds. The molecule has 1 saturated carbocycles. The molecule has 2 unspecified atom stereocenters. The van der Waals surface area contributed by atoms with Crippen LogP contribution < -0.4 is 5.32 Å². The zero-order valence-corrected chi connectivity index (χ0v) is 14.0. The fourth-order valence-corrected chi connectivity index (χ4v) is 3.40. The Bertz CT molecular complexity index is 403. The first-order chi connectivity index (χ1) is 10.4. The summed E-state index contributed by atoms with van der Waals surface area (Å²) in [5.41, 5.74) is 0. The Labute approximate surface area is 133 Å². The first kappa shape index (κ1) is 17.3. The third-order valence-electron chi connectivity index (χ3n) is 5.21. The van der Waals surface area contributed by atoms with E-state index in [-0.39, 0.29) is 30.2 Å². The molecule has 2 aliphatic rings. The van der Waals surface area contributed by atoms with E-state index in [1.807, 2.05) is 18.7 Å². The van der Waals surface area contributed by atoms with Crippen LogP contribution in [-0.2, 0) is 9.59 Å². The number of aliphatic hydroxyl groups is 1. The van der Waals surface area contributed by atoms with Gasteiger partial charge in [0.2, 0.25) is 11.8 Å². The monoisotopic (exact) mass is 310 g/mol. The predicted molar refractivity (Wildman–Crippen MR) is 85.1 cm³/mol.